The van der Waals surface area contributed by atoms with Crippen LogP contribution in [0.25, 0.3) is 0 Å². The molecule has 0 aliphatic carbocycles. The van der Waals surface area contributed by atoms with Crippen LogP contribution in [0.4, 0.5) is 0 Å². The first-order valence-electron chi connectivity index (χ1n) is 9.38. The molecule has 4 nitrogen and oxygen atoms in total. The first kappa shape index (κ1) is 20.0. The largest absolute Gasteiger partial charge is 0.338 e. The summed E-state index contributed by atoms with van der Waals surface area (Å²) in [7, 11) is -2.98. The van der Waals surface area contributed by atoms with Gasteiger partial charge >= 0.3 is 0 Å². The third-order valence-corrected chi connectivity index (χ3v) is 6.49. The number of sulfone groups is 1. The number of hydrogen-bond donors (Lipinski definition) is 0. The average Bonchev–Trinajstić information content (AvgIpc) is 2.89. The smallest absolute Gasteiger partial charge is 0.227 e. The molecule has 1 heterocycles. The van der Waals surface area contributed by atoms with E-state index in [2.05, 4.69) is 32.9 Å². The zero-order valence-electron chi connectivity index (χ0n) is 15.7. The molecule has 0 bridgehead atoms. The number of unbranched alkanes of at least 4 members (excludes halogenated alkanes) is 1. The number of carbonyl (C=O) groups is 1. The van der Waals surface area contributed by atoms with E-state index in [9.17, 15) is 13.2 Å². The van der Waals surface area contributed by atoms with Gasteiger partial charge in [-0.1, -0.05) is 51.5 Å². The van der Waals surface area contributed by atoms with E-state index in [-0.39, 0.29) is 23.5 Å². The molecule has 1 aromatic rings. The third kappa shape index (κ3) is 6.14. The van der Waals surface area contributed by atoms with Crippen molar-refractivity contribution in [3.05, 3.63) is 35.4 Å². The van der Waals surface area contributed by atoms with Gasteiger partial charge in [0, 0.05) is 12.6 Å². The summed E-state index contributed by atoms with van der Waals surface area (Å²) in [6.45, 7) is 7.12. The number of rotatable bonds is 8. The third-order valence-electron chi connectivity index (χ3n) is 4.74. The molecule has 0 saturated carbocycles. The molecule has 1 aromatic carbocycles. The quantitative estimate of drug-likeness (QED) is 0.711. The maximum Gasteiger partial charge on any atom is 0.227 e. The second-order valence-electron chi connectivity index (χ2n) is 7.59. The van der Waals surface area contributed by atoms with Gasteiger partial charge in [-0.25, -0.2) is 8.42 Å². The van der Waals surface area contributed by atoms with Crippen LogP contribution in [0.2, 0.25) is 0 Å². The minimum Gasteiger partial charge on any atom is -0.338 e. The van der Waals surface area contributed by atoms with Gasteiger partial charge in [0.2, 0.25) is 5.91 Å². The van der Waals surface area contributed by atoms with Crippen molar-refractivity contribution in [3.63, 3.8) is 0 Å². The van der Waals surface area contributed by atoms with E-state index in [1.54, 1.807) is 0 Å². The Labute approximate surface area is 152 Å². The highest BCUT2D eigenvalue weighted by molar-refractivity contribution is 7.91. The van der Waals surface area contributed by atoms with E-state index < -0.39 is 9.84 Å². The summed E-state index contributed by atoms with van der Waals surface area (Å²) in [5.41, 5.74) is 2.29. The van der Waals surface area contributed by atoms with Crippen LogP contribution in [-0.2, 0) is 27.5 Å². The van der Waals surface area contributed by atoms with E-state index in [1.165, 1.54) is 5.56 Å². The molecule has 1 atom stereocenters. The molecule has 140 valence electrons. The van der Waals surface area contributed by atoms with Crippen molar-refractivity contribution < 1.29 is 13.2 Å². The summed E-state index contributed by atoms with van der Waals surface area (Å²) in [6.07, 6.45) is 3.87. The fourth-order valence-electron chi connectivity index (χ4n) is 3.40. The Morgan fingerprint density at radius 2 is 1.84 bits per heavy atom. The number of hydrogen-bond acceptors (Lipinski definition) is 3. The van der Waals surface area contributed by atoms with Gasteiger partial charge in [0.05, 0.1) is 17.9 Å². The molecule has 25 heavy (non-hydrogen) atoms. The van der Waals surface area contributed by atoms with Crippen molar-refractivity contribution >= 4 is 15.7 Å². The van der Waals surface area contributed by atoms with E-state index in [0.29, 0.717) is 25.3 Å². The molecular weight excluding hydrogens is 334 g/mol. The number of nitrogens with zero attached hydrogens (tertiary/aromatic N) is 1. The van der Waals surface area contributed by atoms with Crippen LogP contribution in [0.15, 0.2) is 24.3 Å². The highest BCUT2D eigenvalue weighted by atomic mass is 32.2. The number of amides is 1. The molecule has 1 unspecified atom stereocenters. The summed E-state index contributed by atoms with van der Waals surface area (Å²) in [5.74, 6) is 0.987. The van der Waals surface area contributed by atoms with Crippen molar-refractivity contribution in [1.82, 2.24) is 4.90 Å². The SMILES string of the molecule is CCCCN(C(=O)Cc1ccc(CC(C)C)cc1)C1CCS(=O)(=O)C1. The van der Waals surface area contributed by atoms with Crippen LogP contribution < -0.4 is 0 Å². The summed E-state index contributed by atoms with van der Waals surface area (Å²) in [4.78, 5) is 14.6. The Morgan fingerprint density at radius 1 is 1.20 bits per heavy atom. The van der Waals surface area contributed by atoms with Crippen molar-refractivity contribution in [1.29, 1.82) is 0 Å². The lowest BCUT2D eigenvalue weighted by atomic mass is 10.0. The zero-order valence-corrected chi connectivity index (χ0v) is 16.5. The normalized spacial score (nSPS) is 19.3. The summed E-state index contributed by atoms with van der Waals surface area (Å²) >= 11 is 0. The molecule has 1 fully saturated rings. The molecule has 0 N–H and O–H groups in total. The predicted octanol–water partition coefficient (Wildman–Crippen LogP) is 3.24. The van der Waals surface area contributed by atoms with Gasteiger partial charge in [-0.2, -0.15) is 0 Å². The van der Waals surface area contributed by atoms with E-state index in [0.717, 1.165) is 24.8 Å². The fourth-order valence-corrected chi connectivity index (χ4v) is 5.13. The Balaban J connectivity index is 2.03. The molecule has 1 saturated heterocycles. The fraction of sp³-hybridized carbons (Fsp3) is 0.650. The number of benzene rings is 1. The van der Waals surface area contributed by atoms with Gasteiger partial charge in [0.25, 0.3) is 0 Å². The molecule has 1 amide bonds. The lowest BCUT2D eigenvalue weighted by Gasteiger charge is -2.28. The molecule has 5 heteroatoms. The molecule has 2 rings (SSSR count). The lowest BCUT2D eigenvalue weighted by Crippen LogP contribution is -2.42. The van der Waals surface area contributed by atoms with Crippen molar-refractivity contribution in [2.24, 2.45) is 5.92 Å². The van der Waals surface area contributed by atoms with Crippen molar-refractivity contribution in [3.8, 4) is 0 Å². The predicted molar refractivity (Wildman–Crippen MR) is 102 cm³/mol. The van der Waals surface area contributed by atoms with Gasteiger partial charge < -0.3 is 4.90 Å². The van der Waals surface area contributed by atoms with Gasteiger partial charge in [-0.05, 0) is 36.3 Å². The molecule has 0 radical (unpaired) electrons. The Morgan fingerprint density at radius 3 is 2.36 bits per heavy atom. The second-order valence-corrected chi connectivity index (χ2v) is 9.82. The Kier molecular flexibility index (Phi) is 7.05. The highest BCUT2D eigenvalue weighted by Crippen LogP contribution is 2.20. The monoisotopic (exact) mass is 365 g/mol. The second kappa shape index (κ2) is 8.84. The van der Waals surface area contributed by atoms with Crippen LogP contribution in [0.3, 0.4) is 0 Å². The van der Waals surface area contributed by atoms with Gasteiger partial charge in [-0.15, -0.1) is 0 Å². The first-order chi connectivity index (χ1) is 11.8. The lowest BCUT2D eigenvalue weighted by molar-refractivity contribution is -0.132. The van der Waals surface area contributed by atoms with E-state index in [1.807, 2.05) is 17.0 Å². The maximum absolute atomic E-state index is 12.8. The first-order valence-corrected chi connectivity index (χ1v) is 11.2. The van der Waals surface area contributed by atoms with Crippen LogP contribution in [0.1, 0.15) is 51.2 Å². The van der Waals surface area contributed by atoms with Crippen LogP contribution in [-0.4, -0.2) is 43.3 Å². The minimum atomic E-state index is -2.98. The average molecular weight is 366 g/mol. The van der Waals surface area contributed by atoms with Gasteiger partial charge in [-0.3, -0.25) is 4.79 Å². The van der Waals surface area contributed by atoms with Gasteiger partial charge in [0.1, 0.15) is 0 Å². The Bertz CT molecular complexity index is 665. The number of carbonyl (C=O) groups excluding carboxylic acids is 1. The molecule has 0 spiro atoms. The van der Waals surface area contributed by atoms with Crippen LogP contribution in [0.5, 0.6) is 0 Å². The van der Waals surface area contributed by atoms with Gasteiger partial charge in [0.15, 0.2) is 9.84 Å². The van der Waals surface area contributed by atoms with Crippen LogP contribution in [0, 0.1) is 5.92 Å². The highest BCUT2D eigenvalue weighted by Gasteiger charge is 2.34. The van der Waals surface area contributed by atoms with Crippen molar-refractivity contribution in [2.75, 3.05) is 18.1 Å². The molecule has 1 aliphatic heterocycles. The van der Waals surface area contributed by atoms with E-state index in [4.69, 9.17) is 0 Å². The topological polar surface area (TPSA) is 54.5 Å². The van der Waals surface area contributed by atoms with Crippen LogP contribution >= 0.6 is 0 Å². The standard InChI is InChI=1S/C20H31NO3S/c1-4-5-11-21(19-10-12-25(23,24)15-19)20(22)14-18-8-6-17(7-9-18)13-16(2)3/h6-9,16,19H,4-5,10-15H2,1-3H3. The summed E-state index contributed by atoms with van der Waals surface area (Å²) < 4.78 is 23.6. The summed E-state index contributed by atoms with van der Waals surface area (Å²) in [6, 6.07) is 8.10. The molecule has 0 aromatic heterocycles. The molecular formula is C20H31NO3S. The minimum absolute atomic E-state index is 0.0483. The summed E-state index contributed by atoms with van der Waals surface area (Å²) in [5, 5.41) is 0. The van der Waals surface area contributed by atoms with Crippen molar-refractivity contribution in [2.45, 2.75) is 58.9 Å². The maximum atomic E-state index is 12.8. The Hall–Kier alpha value is -1.36. The zero-order chi connectivity index (χ0) is 18.4. The van der Waals surface area contributed by atoms with E-state index >= 15 is 0 Å². The molecule has 1 aliphatic rings.